The Morgan fingerprint density at radius 1 is 1.23 bits per heavy atom. The summed E-state index contributed by atoms with van der Waals surface area (Å²) >= 11 is -1.05. The molecule has 1 unspecified atom stereocenters. The van der Waals surface area contributed by atoms with Gasteiger partial charge in [0.15, 0.2) is 14.7 Å². The van der Waals surface area contributed by atoms with E-state index >= 15 is 0 Å². The lowest BCUT2D eigenvalue weighted by molar-refractivity contribution is 0.596. The molecule has 2 aromatic heterocycles. The number of hydrogen-bond acceptors (Lipinski definition) is 4. The second kappa shape index (κ2) is 8.57. The van der Waals surface area contributed by atoms with Crippen molar-refractivity contribution < 1.29 is 13.0 Å². The average molecular weight is 443 g/mol. The highest BCUT2D eigenvalue weighted by Gasteiger charge is 2.18. The van der Waals surface area contributed by atoms with Crippen molar-refractivity contribution in [2.45, 2.75) is 42.4 Å². The van der Waals surface area contributed by atoms with Gasteiger partial charge in [0, 0.05) is 29.0 Å². The van der Waals surface area contributed by atoms with Gasteiger partial charge < -0.3 is 9.54 Å². The van der Waals surface area contributed by atoms with E-state index in [9.17, 15) is 13.0 Å². The van der Waals surface area contributed by atoms with Crippen molar-refractivity contribution in [3.8, 4) is 0 Å². The first-order valence-electron chi connectivity index (χ1n) is 10.2. The van der Waals surface area contributed by atoms with Crippen LogP contribution in [0.3, 0.4) is 0 Å². The summed E-state index contributed by atoms with van der Waals surface area (Å²) in [7, 11) is -3.23. The number of sulfone groups is 1. The molecule has 4 rings (SSSR count). The number of aromatic nitrogens is 2. The quantitative estimate of drug-likeness (QED) is 0.560. The van der Waals surface area contributed by atoms with Crippen LogP contribution in [-0.2, 0) is 21.0 Å². The second-order valence-electron chi connectivity index (χ2n) is 7.85. The summed E-state index contributed by atoms with van der Waals surface area (Å²) in [6, 6.07) is 11.0. The van der Waals surface area contributed by atoms with Crippen LogP contribution in [0, 0.1) is 5.92 Å². The highest BCUT2D eigenvalue weighted by atomic mass is 32.2. The summed E-state index contributed by atoms with van der Waals surface area (Å²) in [6.45, 7) is 1.89. The van der Waals surface area contributed by atoms with Crippen LogP contribution in [0.4, 0.5) is 0 Å². The molecule has 1 aromatic carbocycles. The Bertz CT molecular complexity index is 1170. The first-order valence-corrected chi connectivity index (χ1v) is 13.5. The van der Waals surface area contributed by atoms with Gasteiger partial charge in [-0.3, -0.25) is 0 Å². The second-order valence-corrected chi connectivity index (χ2v) is 11.6. The number of nitrogens with one attached hydrogen (secondary N) is 1. The Hall–Kier alpha value is -2.09. The maximum atomic E-state index is 12.2. The van der Waals surface area contributed by atoms with Gasteiger partial charge in [0.05, 0.1) is 11.1 Å². The lowest BCUT2D eigenvalue weighted by Crippen LogP contribution is -2.03. The normalized spacial score (nSPS) is 17.0. The van der Waals surface area contributed by atoms with Crippen molar-refractivity contribution in [3.63, 3.8) is 0 Å². The third-order valence-electron chi connectivity index (χ3n) is 5.66. The lowest BCUT2D eigenvalue weighted by atomic mass is 9.96. The Balaban J connectivity index is 1.78. The Morgan fingerprint density at radius 2 is 1.93 bits per heavy atom. The van der Waals surface area contributed by atoms with Gasteiger partial charge >= 0.3 is 0 Å². The molecule has 7 heteroatoms. The lowest BCUT2D eigenvalue weighted by Gasteiger charge is -2.11. The van der Waals surface area contributed by atoms with Gasteiger partial charge in [0.25, 0.3) is 0 Å². The van der Waals surface area contributed by atoms with Crippen molar-refractivity contribution in [2.24, 2.45) is 5.92 Å². The SMILES string of the molecule is CC[S+]([O-])c1cnc2[nH]c(C(=CC3CCCC3)c3ccc(S(C)(=O)=O)cc3)cc2c1. The summed E-state index contributed by atoms with van der Waals surface area (Å²) in [6.07, 6.45) is 10.0. The van der Waals surface area contributed by atoms with Crippen LogP contribution < -0.4 is 0 Å². The molecule has 158 valence electrons. The predicted molar refractivity (Wildman–Crippen MR) is 122 cm³/mol. The minimum Gasteiger partial charge on any atom is -0.611 e. The van der Waals surface area contributed by atoms with Crippen molar-refractivity contribution in [1.29, 1.82) is 0 Å². The van der Waals surface area contributed by atoms with Gasteiger partial charge in [0.2, 0.25) is 0 Å². The van der Waals surface area contributed by atoms with Crippen molar-refractivity contribution >= 4 is 37.6 Å². The summed E-state index contributed by atoms with van der Waals surface area (Å²) in [5.41, 5.74) is 3.72. The average Bonchev–Trinajstić information content (AvgIpc) is 3.39. The number of allylic oxidation sites excluding steroid dienone is 1. The van der Waals surface area contributed by atoms with Gasteiger partial charge in [-0.1, -0.05) is 31.1 Å². The van der Waals surface area contributed by atoms with Crippen LogP contribution in [0.5, 0.6) is 0 Å². The molecule has 5 nitrogen and oxygen atoms in total. The molecule has 1 fully saturated rings. The van der Waals surface area contributed by atoms with E-state index in [0.29, 0.717) is 16.6 Å². The fourth-order valence-electron chi connectivity index (χ4n) is 4.01. The molecular formula is C23H26N2O3S2. The molecule has 2 heterocycles. The van der Waals surface area contributed by atoms with Crippen LogP contribution in [0.15, 0.2) is 58.5 Å². The zero-order valence-electron chi connectivity index (χ0n) is 17.2. The number of nitrogens with zero attached hydrogens (tertiary/aromatic N) is 1. The van der Waals surface area contributed by atoms with Crippen LogP contribution in [0.25, 0.3) is 16.6 Å². The zero-order valence-corrected chi connectivity index (χ0v) is 18.9. The number of H-pyrrole nitrogens is 1. The number of pyridine rings is 1. The van der Waals surface area contributed by atoms with E-state index in [-0.39, 0.29) is 0 Å². The van der Waals surface area contributed by atoms with Crippen LogP contribution in [-0.4, -0.2) is 34.9 Å². The molecule has 1 atom stereocenters. The van der Waals surface area contributed by atoms with E-state index < -0.39 is 21.0 Å². The van der Waals surface area contributed by atoms with Crippen LogP contribution >= 0.6 is 0 Å². The number of hydrogen-bond donors (Lipinski definition) is 1. The summed E-state index contributed by atoms with van der Waals surface area (Å²) < 4.78 is 35.8. The van der Waals surface area contributed by atoms with Crippen LogP contribution in [0.1, 0.15) is 43.9 Å². The molecule has 0 saturated heterocycles. The topological polar surface area (TPSA) is 85.9 Å². The van der Waals surface area contributed by atoms with E-state index in [1.807, 2.05) is 31.2 Å². The Kier molecular flexibility index (Phi) is 6.04. The highest BCUT2D eigenvalue weighted by molar-refractivity contribution is 7.91. The molecule has 3 aromatic rings. The number of fused-ring (bicyclic) bond motifs is 1. The monoisotopic (exact) mass is 442 g/mol. The van der Waals surface area contributed by atoms with E-state index in [1.165, 1.54) is 31.9 Å². The van der Waals surface area contributed by atoms with E-state index in [0.717, 1.165) is 32.8 Å². The van der Waals surface area contributed by atoms with Crippen molar-refractivity contribution in [3.05, 3.63) is 59.9 Å². The van der Waals surface area contributed by atoms with E-state index in [4.69, 9.17) is 0 Å². The molecule has 0 spiro atoms. The predicted octanol–water partition coefficient (Wildman–Crippen LogP) is 4.72. The fourth-order valence-corrected chi connectivity index (χ4v) is 5.41. The van der Waals surface area contributed by atoms with Gasteiger partial charge in [-0.15, -0.1) is 0 Å². The van der Waals surface area contributed by atoms with Gasteiger partial charge in [-0.25, -0.2) is 13.4 Å². The zero-order chi connectivity index (χ0) is 21.3. The molecule has 1 N–H and O–H groups in total. The minimum atomic E-state index is -3.23. The standard InChI is InChI=1S/C23H26N2O3S2/c1-3-29(26)19-13-18-14-22(25-23(18)24-15-19)21(12-16-6-4-5-7-16)17-8-10-20(11-9-17)30(2,27)28/h8-16H,3-7H2,1-2H3,(H,24,25). The molecule has 1 aliphatic rings. The van der Waals surface area contributed by atoms with Gasteiger partial charge in [-0.05, 0) is 60.6 Å². The summed E-state index contributed by atoms with van der Waals surface area (Å²) in [5.74, 6) is 1.07. The van der Waals surface area contributed by atoms with Crippen LogP contribution in [0.2, 0.25) is 0 Å². The van der Waals surface area contributed by atoms with Crippen molar-refractivity contribution in [2.75, 3.05) is 12.0 Å². The molecule has 0 bridgehead atoms. The molecule has 1 saturated carbocycles. The third-order valence-corrected chi connectivity index (χ3v) is 8.06. The maximum Gasteiger partial charge on any atom is 0.175 e. The summed E-state index contributed by atoms with van der Waals surface area (Å²) in [5, 5.41) is 0.925. The maximum absolute atomic E-state index is 12.2. The van der Waals surface area contributed by atoms with Gasteiger partial charge in [-0.2, -0.15) is 0 Å². The molecule has 30 heavy (non-hydrogen) atoms. The highest BCUT2D eigenvalue weighted by Crippen LogP contribution is 2.33. The molecule has 0 aliphatic heterocycles. The summed E-state index contributed by atoms with van der Waals surface area (Å²) in [4.78, 5) is 8.92. The molecule has 0 amide bonds. The number of aromatic amines is 1. The minimum absolute atomic E-state index is 0.316. The number of benzene rings is 1. The van der Waals surface area contributed by atoms with E-state index in [2.05, 4.69) is 16.0 Å². The largest absolute Gasteiger partial charge is 0.611 e. The molecule has 0 radical (unpaired) electrons. The third kappa shape index (κ3) is 4.48. The molecule has 1 aliphatic carbocycles. The first kappa shape index (κ1) is 21.2. The fraction of sp³-hybridized carbons (Fsp3) is 0.348. The van der Waals surface area contributed by atoms with Crippen molar-refractivity contribution in [1.82, 2.24) is 9.97 Å². The Labute approximate surface area is 180 Å². The number of rotatable bonds is 6. The Morgan fingerprint density at radius 3 is 2.57 bits per heavy atom. The van der Waals surface area contributed by atoms with Gasteiger partial charge in [0.1, 0.15) is 11.4 Å². The van der Waals surface area contributed by atoms with E-state index in [1.54, 1.807) is 18.3 Å². The first-order chi connectivity index (χ1) is 14.3. The molecular weight excluding hydrogens is 416 g/mol. The smallest absolute Gasteiger partial charge is 0.175 e.